The maximum atomic E-state index is 12.0. The molecule has 0 spiro atoms. The summed E-state index contributed by atoms with van der Waals surface area (Å²) >= 11 is 0. The fraction of sp³-hybridized carbons (Fsp3) is 0.263. The Bertz CT molecular complexity index is 851. The first-order chi connectivity index (χ1) is 12.9. The van der Waals surface area contributed by atoms with Gasteiger partial charge in [0.15, 0.2) is 6.61 Å². The van der Waals surface area contributed by atoms with Gasteiger partial charge in [0.2, 0.25) is 5.91 Å². The minimum absolute atomic E-state index is 0.0816. The zero-order valence-corrected chi connectivity index (χ0v) is 15.2. The lowest BCUT2D eigenvalue weighted by Gasteiger charge is -2.11. The van der Waals surface area contributed by atoms with Crippen LogP contribution >= 0.6 is 0 Å². The summed E-state index contributed by atoms with van der Waals surface area (Å²) in [5, 5.41) is 16.1. The second-order valence-electron chi connectivity index (χ2n) is 5.78. The van der Waals surface area contributed by atoms with Crippen molar-refractivity contribution in [3.8, 4) is 5.75 Å². The van der Waals surface area contributed by atoms with E-state index in [0.717, 1.165) is 12.0 Å². The Morgan fingerprint density at radius 2 is 1.85 bits per heavy atom. The molecule has 8 nitrogen and oxygen atoms in total. The number of anilines is 1. The number of hydrogen-bond donors (Lipinski definition) is 2. The lowest BCUT2D eigenvalue weighted by molar-refractivity contribution is -0.385. The van der Waals surface area contributed by atoms with E-state index in [9.17, 15) is 19.7 Å². The first kappa shape index (κ1) is 19.9. The van der Waals surface area contributed by atoms with Gasteiger partial charge < -0.3 is 15.4 Å². The van der Waals surface area contributed by atoms with Crippen molar-refractivity contribution < 1.29 is 19.2 Å². The van der Waals surface area contributed by atoms with Crippen LogP contribution in [0.25, 0.3) is 0 Å². The SMILES string of the molecule is CCc1ccccc1NC(=O)CNC(=O)COc1cccc([N+](=O)[O-])c1C. The summed E-state index contributed by atoms with van der Waals surface area (Å²) in [6, 6.07) is 11.8. The molecule has 0 radical (unpaired) electrons. The van der Waals surface area contributed by atoms with E-state index in [1.54, 1.807) is 19.1 Å². The Balaban J connectivity index is 1.84. The average molecular weight is 371 g/mol. The molecule has 8 heteroatoms. The van der Waals surface area contributed by atoms with Gasteiger partial charge in [0, 0.05) is 11.8 Å². The molecule has 2 amide bonds. The van der Waals surface area contributed by atoms with Crippen molar-refractivity contribution in [3.63, 3.8) is 0 Å². The molecule has 0 aliphatic carbocycles. The van der Waals surface area contributed by atoms with E-state index in [0.29, 0.717) is 11.3 Å². The predicted molar refractivity (Wildman–Crippen MR) is 101 cm³/mol. The van der Waals surface area contributed by atoms with Gasteiger partial charge in [-0.1, -0.05) is 31.2 Å². The molecule has 0 aliphatic rings. The lowest BCUT2D eigenvalue weighted by atomic mass is 10.1. The lowest BCUT2D eigenvalue weighted by Crippen LogP contribution is -2.36. The summed E-state index contributed by atoms with van der Waals surface area (Å²) in [7, 11) is 0. The van der Waals surface area contributed by atoms with Crippen molar-refractivity contribution in [1.29, 1.82) is 0 Å². The molecule has 0 aliphatic heterocycles. The molecule has 0 heterocycles. The van der Waals surface area contributed by atoms with E-state index < -0.39 is 10.8 Å². The molecular weight excluding hydrogens is 350 g/mol. The molecule has 27 heavy (non-hydrogen) atoms. The maximum absolute atomic E-state index is 12.0. The van der Waals surface area contributed by atoms with E-state index in [-0.39, 0.29) is 30.5 Å². The molecule has 2 rings (SSSR count). The molecular formula is C19H21N3O5. The number of hydrogen-bond acceptors (Lipinski definition) is 5. The molecule has 0 saturated carbocycles. The molecule has 142 valence electrons. The number of para-hydroxylation sites is 1. The third-order valence-electron chi connectivity index (χ3n) is 3.93. The van der Waals surface area contributed by atoms with Crippen LogP contribution in [0.1, 0.15) is 18.1 Å². The van der Waals surface area contributed by atoms with Gasteiger partial charge in [-0.2, -0.15) is 0 Å². The van der Waals surface area contributed by atoms with Gasteiger partial charge in [0.05, 0.1) is 17.0 Å². The predicted octanol–water partition coefficient (Wildman–Crippen LogP) is 2.60. The largest absolute Gasteiger partial charge is 0.483 e. The number of benzene rings is 2. The van der Waals surface area contributed by atoms with E-state index in [1.165, 1.54) is 12.1 Å². The summed E-state index contributed by atoms with van der Waals surface area (Å²) in [5.74, 6) is -0.601. The van der Waals surface area contributed by atoms with Crippen molar-refractivity contribution >= 4 is 23.2 Å². The van der Waals surface area contributed by atoms with Crippen molar-refractivity contribution in [2.75, 3.05) is 18.5 Å². The summed E-state index contributed by atoms with van der Waals surface area (Å²) in [6.45, 7) is 2.99. The van der Waals surface area contributed by atoms with Gasteiger partial charge in [-0.3, -0.25) is 19.7 Å². The van der Waals surface area contributed by atoms with Crippen molar-refractivity contribution in [2.24, 2.45) is 0 Å². The van der Waals surface area contributed by atoms with Crippen LogP contribution in [0.2, 0.25) is 0 Å². The smallest absolute Gasteiger partial charge is 0.276 e. The highest BCUT2D eigenvalue weighted by atomic mass is 16.6. The number of nitrogens with one attached hydrogen (secondary N) is 2. The molecule has 0 fully saturated rings. The number of aryl methyl sites for hydroxylation is 1. The van der Waals surface area contributed by atoms with Gasteiger partial charge in [-0.25, -0.2) is 0 Å². The minimum atomic E-state index is -0.513. The van der Waals surface area contributed by atoms with Crippen molar-refractivity contribution in [1.82, 2.24) is 5.32 Å². The van der Waals surface area contributed by atoms with Gasteiger partial charge in [-0.15, -0.1) is 0 Å². The maximum Gasteiger partial charge on any atom is 0.276 e. The van der Waals surface area contributed by atoms with Crippen molar-refractivity contribution in [3.05, 3.63) is 63.7 Å². The van der Waals surface area contributed by atoms with E-state index in [4.69, 9.17) is 4.74 Å². The third-order valence-corrected chi connectivity index (χ3v) is 3.93. The number of ether oxygens (including phenoxy) is 1. The van der Waals surface area contributed by atoms with E-state index >= 15 is 0 Å². The number of nitro groups is 1. The zero-order chi connectivity index (χ0) is 19.8. The Hall–Kier alpha value is -3.42. The van der Waals surface area contributed by atoms with Crippen LogP contribution in [0.5, 0.6) is 5.75 Å². The highest BCUT2D eigenvalue weighted by Crippen LogP contribution is 2.26. The molecule has 0 unspecified atom stereocenters. The van der Waals surface area contributed by atoms with E-state index in [2.05, 4.69) is 10.6 Å². The Morgan fingerprint density at radius 3 is 2.56 bits per heavy atom. The van der Waals surface area contributed by atoms with Crippen LogP contribution < -0.4 is 15.4 Å². The van der Waals surface area contributed by atoms with Crippen molar-refractivity contribution in [2.45, 2.75) is 20.3 Å². The molecule has 2 aromatic carbocycles. The Morgan fingerprint density at radius 1 is 1.11 bits per heavy atom. The van der Waals surface area contributed by atoms with Gasteiger partial charge >= 0.3 is 0 Å². The van der Waals surface area contributed by atoms with Crippen LogP contribution in [0.15, 0.2) is 42.5 Å². The number of nitro benzene ring substituents is 1. The second-order valence-corrected chi connectivity index (χ2v) is 5.78. The Labute approximate surface area is 156 Å². The molecule has 0 bridgehead atoms. The van der Waals surface area contributed by atoms with Crippen LogP contribution in [-0.4, -0.2) is 29.9 Å². The molecule has 0 saturated heterocycles. The number of nitrogens with zero attached hydrogens (tertiary/aromatic N) is 1. The number of carbonyl (C=O) groups is 2. The van der Waals surface area contributed by atoms with Crippen LogP contribution in [0.4, 0.5) is 11.4 Å². The summed E-state index contributed by atoms with van der Waals surface area (Å²) < 4.78 is 5.33. The number of rotatable bonds is 8. The monoisotopic (exact) mass is 371 g/mol. The third kappa shape index (κ3) is 5.53. The summed E-state index contributed by atoms with van der Waals surface area (Å²) in [4.78, 5) is 34.3. The fourth-order valence-corrected chi connectivity index (χ4v) is 2.48. The van der Waals surface area contributed by atoms with E-state index in [1.807, 2.05) is 25.1 Å². The minimum Gasteiger partial charge on any atom is -0.483 e. The van der Waals surface area contributed by atoms with Crippen LogP contribution in [0, 0.1) is 17.0 Å². The summed E-state index contributed by atoms with van der Waals surface area (Å²) in [6.07, 6.45) is 0.777. The fourth-order valence-electron chi connectivity index (χ4n) is 2.48. The highest BCUT2D eigenvalue weighted by Gasteiger charge is 2.15. The van der Waals surface area contributed by atoms with Gasteiger partial charge in [0.1, 0.15) is 5.75 Å². The molecule has 2 aromatic rings. The normalized spacial score (nSPS) is 10.1. The first-order valence-corrected chi connectivity index (χ1v) is 8.43. The molecule has 0 atom stereocenters. The first-order valence-electron chi connectivity index (χ1n) is 8.43. The number of carbonyl (C=O) groups excluding carboxylic acids is 2. The average Bonchev–Trinajstić information content (AvgIpc) is 2.65. The van der Waals surface area contributed by atoms with Gasteiger partial charge in [-0.05, 0) is 31.0 Å². The van der Waals surface area contributed by atoms with Gasteiger partial charge in [0.25, 0.3) is 11.6 Å². The second kappa shape index (κ2) is 9.33. The zero-order valence-electron chi connectivity index (χ0n) is 15.2. The molecule has 0 aromatic heterocycles. The van der Waals surface area contributed by atoms with Crippen LogP contribution in [-0.2, 0) is 16.0 Å². The number of amides is 2. The summed E-state index contributed by atoms with van der Waals surface area (Å²) in [5.41, 5.74) is 1.97. The molecule has 2 N–H and O–H groups in total. The standard InChI is InChI=1S/C19H21N3O5/c1-3-14-7-4-5-8-15(14)21-18(23)11-20-19(24)12-27-17-10-6-9-16(13(17)2)22(25)26/h4-10H,3,11-12H2,1-2H3,(H,20,24)(H,21,23). The Kier molecular flexibility index (Phi) is 6.87. The quantitative estimate of drug-likeness (QED) is 0.547. The highest BCUT2D eigenvalue weighted by molar-refractivity contribution is 5.95. The van der Waals surface area contributed by atoms with Crippen LogP contribution in [0.3, 0.4) is 0 Å². The topological polar surface area (TPSA) is 111 Å².